The van der Waals surface area contributed by atoms with Crippen molar-refractivity contribution in [2.24, 2.45) is 0 Å². The predicted octanol–water partition coefficient (Wildman–Crippen LogP) is 4.39. The lowest BCUT2D eigenvalue weighted by Gasteiger charge is -2.30. The number of carbonyl (C=O) groups is 2. The number of amides is 3. The molecule has 33 heavy (non-hydrogen) atoms. The lowest BCUT2D eigenvalue weighted by atomic mass is 9.96. The zero-order valence-electron chi connectivity index (χ0n) is 18.1. The summed E-state index contributed by atoms with van der Waals surface area (Å²) in [6.45, 7) is 1.74. The number of benzene rings is 1. The van der Waals surface area contributed by atoms with Crippen molar-refractivity contribution >= 4 is 50.6 Å². The van der Waals surface area contributed by atoms with Crippen molar-refractivity contribution in [3.05, 3.63) is 41.4 Å². The van der Waals surface area contributed by atoms with Crippen LogP contribution in [-0.2, 0) is 0 Å². The monoisotopic (exact) mass is 463 g/mol. The maximum atomic E-state index is 13.3. The third-order valence-electron chi connectivity index (χ3n) is 6.52. The summed E-state index contributed by atoms with van der Waals surface area (Å²) < 4.78 is 6.04. The summed E-state index contributed by atoms with van der Waals surface area (Å²) in [5.41, 5.74) is 1.98. The highest BCUT2D eigenvalue weighted by molar-refractivity contribution is 7.21. The Morgan fingerprint density at radius 3 is 2.91 bits per heavy atom. The van der Waals surface area contributed by atoms with Crippen molar-refractivity contribution in [3.8, 4) is 5.75 Å². The first-order chi connectivity index (χ1) is 16.2. The van der Waals surface area contributed by atoms with Gasteiger partial charge in [-0.25, -0.2) is 9.78 Å². The van der Waals surface area contributed by atoms with Gasteiger partial charge in [-0.05, 0) is 56.8 Å². The number of hydrogen-bond donors (Lipinski definition) is 3. The van der Waals surface area contributed by atoms with E-state index in [0.717, 1.165) is 54.7 Å². The molecule has 2 aromatic heterocycles. The van der Waals surface area contributed by atoms with Crippen molar-refractivity contribution in [2.45, 2.75) is 44.2 Å². The summed E-state index contributed by atoms with van der Waals surface area (Å²) >= 11 is 1.31. The first-order valence-electron chi connectivity index (χ1n) is 11.5. The van der Waals surface area contributed by atoms with E-state index in [4.69, 9.17) is 4.74 Å². The number of ether oxygens (including phenoxy) is 1. The second-order valence-corrected chi connectivity index (χ2v) is 9.77. The first kappa shape index (κ1) is 20.4. The van der Waals surface area contributed by atoms with Crippen LogP contribution in [0.3, 0.4) is 0 Å². The molecule has 1 unspecified atom stereocenters. The Morgan fingerprint density at radius 1 is 1.21 bits per heavy atom. The predicted molar refractivity (Wildman–Crippen MR) is 129 cm³/mol. The second-order valence-electron chi connectivity index (χ2n) is 8.77. The van der Waals surface area contributed by atoms with Crippen LogP contribution in [0, 0.1) is 0 Å². The number of urea groups is 1. The van der Waals surface area contributed by atoms with Crippen LogP contribution >= 0.6 is 11.3 Å². The lowest BCUT2D eigenvalue weighted by molar-refractivity contribution is 0.0935. The average molecular weight is 464 g/mol. The maximum absolute atomic E-state index is 13.3. The molecule has 1 saturated heterocycles. The highest BCUT2D eigenvalue weighted by Gasteiger charge is 2.33. The fourth-order valence-electron chi connectivity index (χ4n) is 4.60. The van der Waals surface area contributed by atoms with Crippen molar-refractivity contribution < 1.29 is 14.3 Å². The smallest absolute Gasteiger partial charge is 0.331 e. The normalized spacial score (nSPS) is 20.3. The molecule has 0 bridgehead atoms. The molecule has 3 aromatic rings. The number of hydrogen-bond acceptors (Lipinski definition) is 6. The molecule has 2 fully saturated rings. The minimum Gasteiger partial charge on any atom is -0.490 e. The van der Waals surface area contributed by atoms with E-state index in [0.29, 0.717) is 21.9 Å². The average Bonchev–Trinajstić information content (AvgIpc) is 3.17. The Labute approximate surface area is 195 Å². The van der Waals surface area contributed by atoms with Gasteiger partial charge in [0.05, 0.1) is 28.6 Å². The molecular weight excluding hydrogens is 438 g/mol. The van der Waals surface area contributed by atoms with Gasteiger partial charge in [-0.1, -0.05) is 6.07 Å². The van der Waals surface area contributed by atoms with Crippen molar-refractivity contribution in [2.75, 3.05) is 23.3 Å². The summed E-state index contributed by atoms with van der Waals surface area (Å²) in [6.07, 6.45) is 7.26. The summed E-state index contributed by atoms with van der Waals surface area (Å²) in [5.74, 6) is 0.588. The number of aromatic nitrogens is 1. The molecule has 6 rings (SSSR count). The number of nitrogens with zero attached hydrogens (tertiary/aromatic N) is 2. The van der Waals surface area contributed by atoms with Crippen LogP contribution in [0.15, 0.2) is 36.5 Å². The van der Waals surface area contributed by atoms with E-state index in [9.17, 15) is 9.59 Å². The van der Waals surface area contributed by atoms with E-state index in [1.165, 1.54) is 17.8 Å². The Hall–Kier alpha value is -3.17. The maximum Gasteiger partial charge on any atom is 0.331 e. The third-order valence-corrected chi connectivity index (χ3v) is 7.61. The Balaban J connectivity index is 1.35. The molecular formula is C24H25N5O3S. The minimum absolute atomic E-state index is 0.0882. The number of nitrogens with one attached hydrogen (secondary N) is 3. The molecule has 3 N–H and O–H groups in total. The van der Waals surface area contributed by atoms with Crippen LogP contribution < -0.4 is 25.6 Å². The number of piperidine rings is 1. The number of pyridine rings is 1. The molecule has 1 aromatic carbocycles. The van der Waals surface area contributed by atoms with Gasteiger partial charge in [-0.2, -0.15) is 0 Å². The summed E-state index contributed by atoms with van der Waals surface area (Å²) in [7, 11) is 0. The largest absolute Gasteiger partial charge is 0.490 e. The summed E-state index contributed by atoms with van der Waals surface area (Å²) in [4.78, 5) is 33.7. The molecule has 9 heteroatoms. The zero-order valence-corrected chi connectivity index (χ0v) is 18.9. The van der Waals surface area contributed by atoms with E-state index in [1.807, 2.05) is 30.3 Å². The molecule has 0 radical (unpaired) electrons. The fraction of sp³-hybridized carbons (Fsp3) is 0.375. The van der Waals surface area contributed by atoms with Gasteiger partial charge in [0.2, 0.25) is 0 Å². The Morgan fingerprint density at radius 2 is 2.12 bits per heavy atom. The van der Waals surface area contributed by atoms with Gasteiger partial charge in [0.15, 0.2) is 0 Å². The molecule has 2 aliphatic heterocycles. The lowest BCUT2D eigenvalue weighted by Crippen LogP contribution is -2.45. The van der Waals surface area contributed by atoms with Crippen LogP contribution in [0.2, 0.25) is 0 Å². The number of rotatable bonds is 5. The van der Waals surface area contributed by atoms with Gasteiger partial charge in [0, 0.05) is 24.8 Å². The second kappa shape index (κ2) is 8.31. The number of thiophene rings is 1. The summed E-state index contributed by atoms with van der Waals surface area (Å²) in [6, 6.07) is 9.21. The molecule has 1 atom stereocenters. The Kier molecular flexibility index (Phi) is 5.15. The van der Waals surface area contributed by atoms with Gasteiger partial charge in [-0.15, -0.1) is 11.3 Å². The molecule has 170 valence electrons. The van der Waals surface area contributed by atoms with Crippen LogP contribution in [-0.4, -0.2) is 42.2 Å². The summed E-state index contributed by atoms with van der Waals surface area (Å²) in [5, 5.41) is 10.2. The fourth-order valence-corrected chi connectivity index (χ4v) is 5.63. The number of anilines is 3. The van der Waals surface area contributed by atoms with Crippen LogP contribution in [0.5, 0.6) is 5.75 Å². The standard InChI is InChI=1S/C24H25N5O3S/c30-22(27-14-4-3-10-25-13-14)21-20-19-18(9-11-26-23(19)33-21)29(24(31)28-20)15-5-1-8-17(12-15)32-16-6-2-7-16/h1,5,8-9,11-12,14,16,25H,2-4,6-7,10,13H2,(H,27,30)(H,28,31). The highest BCUT2D eigenvalue weighted by atomic mass is 32.1. The third kappa shape index (κ3) is 3.71. The van der Waals surface area contributed by atoms with Crippen LogP contribution in [0.1, 0.15) is 41.8 Å². The van der Waals surface area contributed by atoms with E-state index in [1.54, 1.807) is 11.1 Å². The molecule has 4 heterocycles. The van der Waals surface area contributed by atoms with Gasteiger partial charge >= 0.3 is 6.03 Å². The van der Waals surface area contributed by atoms with Crippen LogP contribution in [0.4, 0.5) is 21.9 Å². The van der Waals surface area contributed by atoms with Gasteiger partial charge in [0.25, 0.3) is 5.91 Å². The Bertz CT molecular complexity index is 1230. The molecule has 0 spiro atoms. The van der Waals surface area contributed by atoms with E-state index < -0.39 is 0 Å². The minimum atomic E-state index is -0.303. The van der Waals surface area contributed by atoms with E-state index >= 15 is 0 Å². The molecule has 3 aliphatic rings. The van der Waals surface area contributed by atoms with Crippen molar-refractivity contribution in [1.82, 2.24) is 15.6 Å². The van der Waals surface area contributed by atoms with Gasteiger partial charge in [-0.3, -0.25) is 9.69 Å². The van der Waals surface area contributed by atoms with Crippen LogP contribution in [0.25, 0.3) is 10.2 Å². The molecule has 8 nitrogen and oxygen atoms in total. The quantitative estimate of drug-likeness (QED) is 0.522. The SMILES string of the molecule is O=C(NC1CCCNC1)c1sc2nccc3c2c1NC(=O)N3c1cccc(OC2CCC2)c1. The first-order valence-corrected chi connectivity index (χ1v) is 12.3. The van der Waals surface area contributed by atoms with Crippen molar-refractivity contribution in [3.63, 3.8) is 0 Å². The topological polar surface area (TPSA) is 95.6 Å². The molecule has 3 amide bonds. The zero-order chi connectivity index (χ0) is 22.4. The van der Waals surface area contributed by atoms with Crippen molar-refractivity contribution in [1.29, 1.82) is 0 Å². The van der Waals surface area contributed by atoms with E-state index in [-0.39, 0.29) is 24.1 Å². The number of carbonyl (C=O) groups excluding carboxylic acids is 2. The molecule has 1 aliphatic carbocycles. The van der Waals surface area contributed by atoms with E-state index in [2.05, 4.69) is 20.9 Å². The molecule has 1 saturated carbocycles. The highest BCUT2D eigenvalue weighted by Crippen LogP contribution is 2.46. The van der Waals surface area contributed by atoms with Gasteiger partial charge < -0.3 is 20.7 Å². The van der Waals surface area contributed by atoms with Gasteiger partial charge in [0.1, 0.15) is 15.5 Å².